The van der Waals surface area contributed by atoms with Crippen LogP contribution >= 0.6 is 0 Å². The number of nitrogens with zero attached hydrogens (tertiary/aromatic N) is 1. The topological polar surface area (TPSA) is 29.3 Å². The second kappa shape index (κ2) is 8.26. The van der Waals surface area contributed by atoms with Crippen LogP contribution in [-0.2, 0) is 0 Å². The van der Waals surface area contributed by atoms with E-state index in [9.17, 15) is 0 Å². The molecule has 19 heavy (non-hydrogen) atoms. The van der Waals surface area contributed by atoms with Crippen molar-refractivity contribution in [2.24, 2.45) is 23.5 Å². The molecule has 0 radical (unpaired) electrons. The first-order chi connectivity index (χ1) is 8.90. The average molecular weight is 268 g/mol. The summed E-state index contributed by atoms with van der Waals surface area (Å²) < 4.78 is 0. The van der Waals surface area contributed by atoms with Gasteiger partial charge in [0.25, 0.3) is 0 Å². The highest BCUT2D eigenvalue weighted by Crippen LogP contribution is 2.27. The highest BCUT2D eigenvalue weighted by molar-refractivity contribution is 4.88. The fourth-order valence-electron chi connectivity index (χ4n) is 3.09. The highest BCUT2D eigenvalue weighted by Gasteiger charge is 2.30. The first-order valence-corrected chi connectivity index (χ1v) is 8.39. The van der Waals surface area contributed by atoms with Gasteiger partial charge in [0.1, 0.15) is 0 Å². The lowest BCUT2D eigenvalue weighted by Crippen LogP contribution is -2.51. The van der Waals surface area contributed by atoms with Crippen molar-refractivity contribution in [1.29, 1.82) is 0 Å². The molecule has 2 nitrogen and oxygen atoms in total. The number of hydrogen-bond donors (Lipinski definition) is 1. The molecule has 3 atom stereocenters. The molecular weight excluding hydrogens is 232 g/mol. The van der Waals surface area contributed by atoms with E-state index < -0.39 is 0 Å². The lowest BCUT2D eigenvalue weighted by molar-refractivity contribution is 0.105. The standard InChI is InChI=1S/C17H36N2/c1-13(2)8-10-19(11-9-14(3)4)17-12-15(5)6-7-16(17)18/h13-17H,6-12,18H2,1-5H3. The smallest absolute Gasteiger partial charge is 0.0249 e. The van der Waals surface area contributed by atoms with Gasteiger partial charge in [-0.05, 0) is 62.9 Å². The van der Waals surface area contributed by atoms with Crippen molar-refractivity contribution in [3.8, 4) is 0 Å². The van der Waals surface area contributed by atoms with Crippen molar-refractivity contribution in [3.63, 3.8) is 0 Å². The molecule has 1 aliphatic carbocycles. The summed E-state index contributed by atoms with van der Waals surface area (Å²) in [5.41, 5.74) is 6.41. The maximum Gasteiger partial charge on any atom is 0.0249 e. The van der Waals surface area contributed by atoms with Crippen molar-refractivity contribution in [1.82, 2.24) is 4.90 Å². The second-order valence-electron chi connectivity index (χ2n) is 7.55. The third-order valence-electron chi connectivity index (χ3n) is 4.59. The van der Waals surface area contributed by atoms with Gasteiger partial charge in [-0.1, -0.05) is 34.6 Å². The summed E-state index contributed by atoms with van der Waals surface area (Å²) in [7, 11) is 0. The molecule has 0 saturated heterocycles. The van der Waals surface area contributed by atoms with E-state index in [0.717, 1.165) is 17.8 Å². The molecule has 1 aliphatic rings. The monoisotopic (exact) mass is 268 g/mol. The van der Waals surface area contributed by atoms with Crippen molar-refractivity contribution in [2.45, 2.75) is 78.8 Å². The van der Waals surface area contributed by atoms with Crippen LogP contribution in [0.3, 0.4) is 0 Å². The molecule has 0 aromatic rings. The molecular formula is C17H36N2. The van der Waals surface area contributed by atoms with Crippen LogP contribution in [0.2, 0.25) is 0 Å². The van der Waals surface area contributed by atoms with Crippen molar-refractivity contribution < 1.29 is 0 Å². The summed E-state index contributed by atoms with van der Waals surface area (Å²) >= 11 is 0. The van der Waals surface area contributed by atoms with Crippen molar-refractivity contribution in [3.05, 3.63) is 0 Å². The van der Waals surface area contributed by atoms with E-state index in [4.69, 9.17) is 5.73 Å². The van der Waals surface area contributed by atoms with Crippen molar-refractivity contribution >= 4 is 0 Å². The third-order valence-corrected chi connectivity index (χ3v) is 4.59. The Kier molecular flexibility index (Phi) is 7.38. The Morgan fingerprint density at radius 3 is 2.00 bits per heavy atom. The van der Waals surface area contributed by atoms with E-state index in [2.05, 4.69) is 39.5 Å². The van der Waals surface area contributed by atoms with Gasteiger partial charge < -0.3 is 5.73 Å². The maximum absolute atomic E-state index is 6.41. The third kappa shape index (κ3) is 6.27. The Bertz CT molecular complexity index is 225. The summed E-state index contributed by atoms with van der Waals surface area (Å²) in [6.45, 7) is 14.1. The summed E-state index contributed by atoms with van der Waals surface area (Å²) in [5.74, 6) is 2.43. The molecule has 0 spiro atoms. The minimum absolute atomic E-state index is 0.399. The van der Waals surface area contributed by atoms with Gasteiger partial charge in [0.2, 0.25) is 0 Å². The number of hydrogen-bond acceptors (Lipinski definition) is 2. The Labute approximate surface area is 121 Å². The summed E-state index contributed by atoms with van der Waals surface area (Å²) in [6.07, 6.45) is 6.44. The Hall–Kier alpha value is -0.0800. The minimum atomic E-state index is 0.399. The van der Waals surface area contributed by atoms with Gasteiger partial charge in [-0.15, -0.1) is 0 Å². The van der Waals surface area contributed by atoms with Crippen LogP contribution in [0.15, 0.2) is 0 Å². The molecule has 3 unspecified atom stereocenters. The molecule has 2 N–H and O–H groups in total. The second-order valence-corrected chi connectivity index (χ2v) is 7.55. The predicted octanol–water partition coefficient (Wildman–Crippen LogP) is 3.90. The molecule has 1 fully saturated rings. The normalized spacial score (nSPS) is 28.6. The molecule has 0 aliphatic heterocycles. The van der Waals surface area contributed by atoms with Gasteiger partial charge in [-0.3, -0.25) is 4.90 Å². The van der Waals surface area contributed by atoms with E-state index in [1.165, 1.54) is 45.2 Å². The van der Waals surface area contributed by atoms with Crippen LogP contribution in [0, 0.1) is 17.8 Å². The minimum Gasteiger partial charge on any atom is -0.326 e. The van der Waals surface area contributed by atoms with Gasteiger partial charge in [-0.25, -0.2) is 0 Å². The van der Waals surface area contributed by atoms with Gasteiger partial charge >= 0.3 is 0 Å². The quantitative estimate of drug-likeness (QED) is 0.759. The fraction of sp³-hybridized carbons (Fsp3) is 1.00. The van der Waals surface area contributed by atoms with Gasteiger partial charge in [-0.2, -0.15) is 0 Å². The first kappa shape index (κ1) is 17.0. The zero-order valence-corrected chi connectivity index (χ0v) is 13.9. The molecule has 0 amide bonds. The lowest BCUT2D eigenvalue weighted by Gasteiger charge is -2.41. The SMILES string of the molecule is CC(C)CCN(CCC(C)C)C1CC(C)CCC1N. The zero-order chi connectivity index (χ0) is 14.4. The Morgan fingerprint density at radius 1 is 1.00 bits per heavy atom. The van der Waals surface area contributed by atoms with E-state index >= 15 is 0 Å². The molecule has 2 heteroatoms. The Morgan fingerprint density at radius 2 is 1.53 bits per heavy atom. The van der Waals surface area contributed by atoms with Gasteiger partial charge in [0, 0.05) is 12.1 Å². The predicted molar refractivity (Wildman–Crippen MR) is 85.3 cm³/mol. The van der Waals surface area contributed by atoms with Gasteiger partial charge in [0.05, 0.1) is 0 Å². The Balaban J connectivity index is 2.58. The van der Waals surface area contributed by atoms with Crippen molar-refractivity contribution in [2.75, 3.05) is 13.1 Å². The van der Waals surface area contributed by atoms with Crippen LogP contribution < -0.4 is 5.73 Å². The van der Waals surface area contributed by atoms with Crippen LogP contribution in [0.5, 0.6) is 0 Å². The molecule has 0 aromatic carbocycles. The molecule has 0 bridgehead atoms. The first-order valence-electron chi connectivity index (χ1n) is 8.39. The maximum atomic E-state index is 6.41. The largest absolute Gasteiger partial charge is 0.326 e. The average Bonchev–Trinajstić information content (AvgIpc) is 2.32. The van der Waals surface area contributed by atoms with E-state index in [1.807, 2.05) is 0 Å². The molecule has 1 saturated carbocycles. The van der Waals surface area contributed by atoms with Crippen LogP contribution in [0.1, 0.15) is 66.7 Å². The molecule has 0 aromatic heterocycles. The van der Waals surface area contributed by atoms with E-state index in [1.54, 1.807) is 0 Å². The van der Waals surface area contributed by atoms with Crippen LogP contribution in [0.4, 0.5) is 0 Å². The fourth-order valence-corrected chi connectivity index (χ4v) is 3.09. The lowest BCUT2D eigenvalue weighted by atomic mass is 9.82. The summed E-state index contributed by atoms with van der Waals surface area (Å²) in [5, 5.41) is 0. The zero-order valence-electron chi connectivity index (χ0n) is 13.9. The molecule has 114 valence electrons. The number of rotatable bonds is 7. The number of nitrogens with two attached hydrogens (primary N) is 1. The molecule has 1 rings (SSSR count). The summed E-state index contributed by atoms with van der Waals surface area (Å²) in [6, 6.07) is 1.02. The van der Waals surface area contributed by atoms with E-state index in [0.29, 0.717) is 12.1 Å². The van der Waals surface area contributed by atoms with E-state index in [-0.39, 0.29) is 0 Å². The van der Waals surface area contributed by atoms with Gasteiger partial charge in [0.15, 0.2) is 0 Å². The molecule has 0 heterocycles. The summed E-state index contributed by atoms with van der Waals surface area (Å²) in [4.78, 5) is 2.71. The van der Waals surface area contributed by atoms with Crippen LogP contribution in [-0.4, -0.2) is 30.1 Å². The highest BCUT2D eigenvalue weighted by atomic mass is 15.2. The van der Waals surface area contributed by atoms with Crippen LogP contribution in [0.25, 0.3) is 0 Å².